The monoisotopic (exact) mass is 354 g/mol. The molecule has 0 unspecified atom stereocenters. The number of hydrogen-bond donors (Lipinski definition) is 0. The fourth-order valence-corrected chi connectivity index (χ4v) is 0. The van der Waals surface area contributed by atoms with E-state index in [-0.39, 0.29) is 22.3 Å². The number of hydrogen-bond acceptors (Lipinski definition) is 0. The van der Waals surface area contributed by atoms with E-state index >= 15 is 0 Å². The maximum absolute atomic E-state index is 5.01. The Bertz CT molecular complexity index is 39.6. The fourth-order valence-electron chi connectivity index (χ4n) is 0. The summed E-state index contributed by atoms with van der Waals surface area (Å²) < 4.78 is 0. The average Bonchev–Trinajstić information content (AvgIpc) is 1.27. The van der Waals surface area contributed by atoms with Crippen LogP contribution in [0.3, 0.4) is 0 Å². The zero-order valence-corrected chi connectivity index (χ0v) is 10.9. The van der Waals surface area contributed by atoms with Crippen LogP contribution in [0.1, 0.15) is 22.3 Å². The second-order valence-corrected chi connectivity index (χ2v) is 18.6. The molecule has 8 heteroatoms. The first-order valence-corrected chi connectivity index (χ1v) is 14.0. The first-order valence-electron chi connectivity index (χ1n) is 1.13. The molecule has 0 aromatic heterocycles. The predicted molar refractivity (Wildman–Crippen MR) is 55.3 cm³/mol. The van der Waals surface area contributed by atoms with Gasteiger partial charge in [-0.25, -0.2) is 0 Å². The summed E-state index contributed by atoms with van der Waals surface area (Å²) in [5.41, 5.74) is 0. The molecular formula is C3H12Cl6Ti2. The molecule has 0 heterocycles. The first-order chi connectivity index (χ1) is 3.41. The van der Waals surface area contributed by atoms with Gasteiger partial charge in [0.1, 0.15) is 0 Å². The molecule has 11 heavy (non-hydrogen) atoms. The van der Waals surface area contributed by atoms with Crippen molar-refractivity contribution >= 4 is 55.8 Å². The Morgan fingerprint density at radius 1 is 0.727 bits per heavy atom. The van der Waals surface area contributed by atoms with Crippen LogP contribution in [-0.4, -0.2) is 0 Å². The molecule has 0 aliphatic heterocycles. The second kappa shape index (κ2) is 18.9. The van der Waals surface area contributed by atoms with E-state index < -0.39 is 29.4 Å². The van der Waals surface area contributed by atoms with Gasteiger partial charge in [-0.05, 0) is 0 Å². The fraction of sp³-hybridized carbons (Fsp3) is 1.00. The Morgan fingerprint density at radius 3 is 0.727 bits per heavy atom. The van der Waals surface area contributed by atoms with Crippen LogP contribution in [0.2, 0.25) is 0 Å². The van der Waals surface area contributed by atoms with Crippen LogP contribution < -0.4 is 0 Å². The third kappa shape index (κ3) is 164. The Morgan fingerprint density at radius 2 is 0.727 bits per heavy atom. The standard InChI is InChI=1S/3CH4.6ClH.2Ti/h3*1H4;6*1H;;/q;;;;;;;;;+2;+4/p-6. The molecule has 0 spiro atoms. The summed E-state index contributed by atoms with van der Waals surface area (Å²) in [4.78, 5) is 0. The van der Waals surface area contributed by atoms with Crippen molar-refractivity contribution in [2.75, 3.05) is 0 Å². The molecule has 0 fully saturated rings. The zero-order chi connectivity index (χ0) is 7.21. The van der Waals surface area contributed by atoms with E-state index in [1.165, 1.54) is 0 Å². The Hall–Kier alpha value is 3.17. The van der Waals surface area contributed by atoms with Crippen LogP contribution in [0.5, 0.6) is 0 Å². The molecule has 0 N–H and O–H groups in total. The van der Waals surface area contributed by atoms with Gasteiger partial charge in [0.25, 0.3) is 0 Å². The quantitative estimate of drug-likeness (QED) is 0.464. The third-order valence-corrected chi connectivity index (χ3v) is 0. The molecule has 0 saturated carbocycles. The Labute approximate surface area is 106 Å². The molecule has 0 bridgehead atoms. The summed E-state index contributed by atoms with van der Waals surface area (Å²) >= 11 is -3.67. The zero-order valence-electron chi connectivity index (χ0n) is 3.27. The molecule has 0 nitrogen and oxygen atoms in total. The van der Waals surface area contributed by atoms with Crippen LogP contribution in [0, 0.1) is 0 Å². The third-order valence-electron chi connectivity index (χ3n) is 0. The molecule has 0 aliphatic rings. The molecule has 0 aliphatic carbocycles. The van der Waals surface area contributed by atoms with Gasteiger partial charge in [0, 0.05) is 0 Å². The van der Waals surface area contributed by atoms with Gasteiger partial charge in [0.05, 0.1) is 0 Å². The predicted octanol–water partition coefficient (Wildman–Crippen LogP) is 6.04. The molecule has 74 valence electrons. The van der Waals surface area contributed by atoms with Crippen molar-refractivity contribution in [3.63, 3.8) is 0 Å². The van der Waals surface area contributed by atoms with Crippen molar-refractivity contribution in [3.8, 4) is 0 Å². The van der Waals surface area contributed by atoms with E-state index in [1.54, 1.807) is 0 Å². The van der Waals surface area contributed by atoms with Gasteiger partial charge in [0.15, 0.2) is 0 Å². The molecule has 0 rings (SSSR count). The van der Waals surface area contributed by atoms with Gasteiger partial charge in [-0.15, -0.1) is 0 Å². The summed E-state index contributed by atoms with van der Waals surface area (Å²) in [5, 5.41) is 0. The summed E-state index contributed by atoms with van der Waals surface area (Å²) in [6.45, 7) is 0. The maximum atomic E-state index is 5.01. The van der Waals surface area contributed by atoms with Gasteiger partial charge in [-0.3, -0.25) is 0 Å². The van der Waals surface area contributed by atoms with Crippen molar-refractivity contribution in [1.82, 2.24) is 0 Å². The van der Waals surface area contributed by atoms with Crippen molar-refractivity contribution in [3.05, 3.63) is 0 Å². The van der Waals surface area contributed by atoms with Gasteiger partial charge in [-0.1, -0.05) is 22.3 Å². The van der Waals surface area contributed by atoms with Gasteiger partial charge in [-0.2, -0.15) is 0 Å². The molecule has 0 saturated heterocycles. The summed E-state index contributed by atoms with van der Waals surface area (Å²) in [7, 11) is 29.8. The van der Waals surface area contributed by atoms with Gasteiger partial charge >= 0.3 is 85.2 Å². The van der Waals surface area contributed by atoms with Crippen molar-refractivity contribution in [2.45, 2.75) is 22.3 Å². The first kappa shape index (κ1) is 29.2. The molecule has 0 aromatic rings. The number of halogens is 6. The van der Waals surface area contributed by atoms with Crippen molar-refractivity contribution in [1.29, 1.82) is 0 Å². The van der Waals surface area contributed by atoms with E-state index in [0.717, 1.165) is 0 Å². The second-order valence-electron chi connectivity index (χ2n) is 0.500. The molecule has 0 aromatic carbocycles. The van der Waals surface area contributed by atoms with Crippen molar-refractivity contribution < 1.29 is 29.4 Å². The van der Waals surface area contributed by atoms with Crippen LogP contribution in [-0.2, 0) is 29.4 Å². The topological polar surface area (TPSA) is 0 Å². The van der Waals surface area contributed by atoms with E-state index in [4.69, 9.17) is 55.8 Å². The molecule has 0 atom stereocenters. The summed E-state index contributed by atoms with van der Waals surface area (Å²) in [6.07, 6.45) is 0. The average molecular weight is 357 g/mol. The summed E-state index contributed by atoms with van der Waals surface area (Å²) in [5.74, 6) is 0. The van der Waals surface area contributed by atoms with E-state index in [2.05, 4.69) is 0 Å². The molecule has 0 amide bonds. The van der Waals surface area contributed by atoms with Crippen molar-refractivity contribution in [2.24, 2.45) is 0 Å². The van der Waals surface area contributed by atoms with Crippen LogP contribution in [0.25, 0.3) is 0 Å². The SMILES string of the molecule is C.C.C.[Cl][Ti]([Cl])([Cl])[Cl].[Cl][Ti][Cl]. The minimum atomic E-state index is -3.11. The van der Waals surface area contributed by atoms with E-state index in [0.29, 0.717) is 0 Å². The minimum absolute atomic E-state index is 0. The molecule has 0 radical (unpaired) electrons. The van der Waals surface area contributed by atoms with E-state index in [9.17, 15) is 0 Å². The Balaban J connectivity index is -0.0000000183. The normalized spacial score (nSPS) is 6.73. The van der Waals surface area contributed by atoms with E-state index in [1.807, 2.05) is 0 Å². The number of rotatable bonds is 0. The van der Waals surface area contributed by atoms with Gasteiger partial charge < -0.3 is 0 Å². The van der Waals surface area contributed by atoms with Crippen LogP contribution >= 0.6 is 55.8 Å². The summed E-state index contributed by atoms with van der Waals surface area (Å²) in [6, 6.07) is 0. The van der Waals surface area contributed by atoms with Crippen LogP contribution in [0.15, 0.2) is 0 Å². The van der Waals surface area contributed by atoms with Crippen LogP contribution in [0.4, 0.5) is 0 Å². The van der Waals surface area contributed by atoms with Gasteiger partial charge in [0.2, 0.25) is 0 Å². The molecular weight excluding hydrogens is 344 g/mol. The Kier molecular flexibility index (Phi) is 50.1.